The summed E-state index contributed by atoms with van der Waals surface area (Å²) in [5, 5.41) is 20.9. The van der Waals surface area contributed by atoms with Crippen LogP contribution in [-0.2, 0) is 46.3 Å². The fourth-order valence-electron chi connectivity index (χ4n) is 7.43. The first-order valence-corrected chi connectivity index (χ1v) is 27.0. The van der Waals surface area contributed by atoms with Crippen LogP contribution in [0.5, 0.6) is 0 Å². The Bertz CT molecular complexity index is 1570. The van der Waals surface area contributed by atoms with Gasteiger partial charge in [0.05, 0.1) is 13.2 Å². The van der Waals surface area contributed by atoms with Crippen molar-refractivity contribution in [2.45, 2.75) is 224 Å². The molecular weight excluding hydrogens is 872 g/mol. The zero-order valence-electron chi connectivity index (χ0n) is 38.6. The van der Waals surface area contributed by atoms with E-state index in [1.165, 1.54) is 115 Å². The SMILES string of the molecule is CCCCCCCCCCCCCCCC(=O)OC[C@@H](COP(=O)(O)OP(=O)(O)OC[C@H]1O[C@@H](n2ccc(N)nc2=O)[C@@H](O)[C@@H]1O)OC(=O)CCCCCCCCCCCCCCC. The van der Waals surface area contributed by atoms with Gasteiger partial charge in [0.1, 0.15) is 30.7 Å². The lowest BCUT2D eigenvalue weighted by Gasteiger charge is -2.21. The van der Waals surface area contributed by atoms with E-state index in [9.17, 15) is 43.5 Å². The van der Waals surface area contributed by atoms with Gasteiger partial charge in [-0.15, -0.1) is 0 Å². The molecule has 1 aromatic rings. The number of hydrogen-bond acceptors (Lipinski definition) is 15. The lowest BCUT2D eigenvalue weighted by molar-refractivity contribution is -0.161. The number of phosphoric acid groups is 2. The van der Waals surface area contributed by atoms with Crippen LogP contribution < -0.4 is 11.4 Å². The van der Waals surface area contributed by atoms with Gasteiger partial charge >= 0.3 is 33.3 Å². The van der Waals surface area contributed by atoms with E-state index < -0.39 is 83.7 Å². The second-order valence-electron chi connectivity index (χ2n) is 17.0. The van der Waals surface area contributed by atoms with Crippen LogP contribution in [0.2, 0.25) is 0 Å². The Morgan fingerprint density at radius 3 is 1.59 bits per heavy atom. The first-order valence-electron chi connectivity index (χ1n) is 24.0. The molecule has 372 valence electrons. The monoisotopic (exact) mass is 954 g/mol. The van der Waals surface area contributed by atoms with Gasteiger partial charge in [0, 0.05) is 19.0 Å². The van der Waals surface area contributed by atoms with Crippen molar-refractivity contribution in [3.63, 3.8) is 0 Å². The fraction of sp³-hybridized carbons (Fsp3) is 0.864. The third-order valence-electron chi connectivity index (χ3n) is 11.2. The zero-order valence-corrected chi connectivity index (χ0v) is 40.4. The highest BCUT2D eigenvalue weighted by molar-refractivity contribution is 7.61. The molecule has 0 spiro atoms. The molecule has 0 aliphatic carbocycles. The number of esters is 2. The van der Waals surface area contributed by atoms with Crippen LogP contribution in [0.1, 0.15) is 200 Å². The average Bonchev–Trinajstić information content (AvgIpc) is 3.52. The van der Waals surface area contributed by atoms with E-state index in [1.54, 1.807) is 0 Å². The van der Waals surface area contributed by atoms with Crippen molar-refractivity contribution < 1.29 is 66.3 Å². The summed E-state index contributed by atoms with van der Waals surface area (Å²) in [5.41, 5.74) is 4.58. The smallest absolute Gasteiger partial charge is 0.462 e. The predicted molar refractivity (Wildman–Crippen MR) is 243 cm³/mol. The van der Waals surface area contributed by atoms with Crippen LogP contribution in [0.3, 0.4) is 0 Å². The molecule has 1 fully saturated rings. The number of anilines is 1. The fourth-order valence-corrected chi connectivity index (χ4v) is 9.54. The van der Waals surface area contributed by atoms with E-state index in [4.69, 9.17) is 29.0 Å². The van der Waals surface area contributed by atoms with Crippen LogP contribution >= 0.6 is 15.6 Å². The van der Waals surface area contributed by atoms with Crippen LogP contribution in [0.25, 0.3) is 0 Å². The quantitative estimate of drug-likeness (QED) is 0.0233. The van der Waals surface area contributed by atoms with E-state index in [0.29, 0.717) is 12.8 Å². The standard InChI is InChI=1S/C44H81N3O15P2/c1-3-5-7-9-11-13-15-17-19-21-23-25-27-29-39(48)57-33-36(60-40(49)30-28-26-24-22-20-18-16-14-12-10-8-6-4-2)34-58-63(53,54)62-64(55,56)59-35-37-41(50)42(51)43(61-37)47-32-31-38(45)46-44(47)52/h31-32,36-37,41-43,50-51H,3-30,33-35H2,1-2H3,(H,53,54)(H,55,56)(H2,45,46,52)/t36-,37+,41+,42-,43+/m0/s1. The van der Waals surface area contributed by atoms with E-state index >= 15 is 0 Å². The van der Waals surface area contributed by atoms with Crippen molar-refractivity contribution in [3.8, 4) is 0 Å². The number of hydrogen-bond donors (Lipinski definition) is 5. The van der Waals surface area contributed by atoms with Crippen LogP contribution in [0.4, 0.5) is 5.82 Å². The van der Waals surface area contributed by atoms with Gasteiger partial charge in [-0.05, 0) is 18.9 Å². The number of nitrogens with zero attached hydrogens (tertiary/aromatic N) is 2. The van der Waals surface area contributed by atoms with Gasteiger partial charge in [-0.3, -0.25) is 23.2 Å². The number of aromatic nitrogens is 2. The maximum Gasteiger partial charge on any atom is 0.481 e. The molecule has 0 amide bonds. The summed E-state index contributed by atoms with van der Waals surface area (Å²) < 4.78 is 56.7. The number of aliphatic hydroxyl groups excluding tert-OH is 2. The van der Waals surface area contributed by atoms with E-state index in [-0.39, 0.29) is 18.7 Å². The molecule has 1 aromatic heterocycles. The lowest BCUT2D eigenvalue weighted by Crippen LogP contribution is -2.36. The Balaban J connectivity index is 1.82. The van der Waals surface area contributed by atoms with Crippen molar-refractivity contribution in [1.29, 1.82) is 0 Å². The Morgan fingerprint density at radius 1 is 0.688 bits per heavy atom. The zero-order chi connectivity index (χ0) is 47.1. The first kappa shape index (κ1) is 57.9. The Hall–Kier alpha value is -2.24. The maximum atomic E-state index is 12.8. The predicted octanol–water partition coefficient (Wildman–Crippen LogP) is 9.11. The number of aliphatic hydroxyl groups is 2. The number of rotatable bonds is 40. The van der Waals surface area contributed by atoms with Gasteiger partial charge in [-0.1, -0.05) is 168 Å². The molecule has 1 aliphatic rings. The number of carbonyl (C=O) groups excluding carboxylic acids is 2. The van der Waals surface area contributed by atoms with Gasteiger partial charge in [0.15, 0.2) is 12.3 Å². The molecule has 1 aliphatic heterocycles. The molecule has 0 bridgehead atoms. The molecule has 6 N–H and O–H groups in total. The molecule has 2 unspecified atom stereocenters. The Morgan fingerprint density at radius 2 is 1.12 bits per heavy atom. The largest absolute Gasteiger partial charge is 0.481 e. The number of phosphoric ester groups is 2. The highest BCUT2D eigenvalue weighted by atomic mass is 31.3. The van der Waals surface area contributed by atoms with Crippen LogP contribution in [0.15, 0.2) is 17.1 Å². The van der Waals surface area contributed by atoms with Gasteiger partial charge in [-0.25, -0.2) is 13.9 Å². The number of carbonyl (C=O) groups is 2. The number of nitrogens with two attached hydrogens (primary N) is 1. The average molecular weight is 954 g/mol. The Kier molecular flexibility index (Phi) is 30.9. The summed E-state index contributed by atoms with van der Waals surface area (Å²) in [4.78, 5) is 61.7. The normalized spacial score (nSPS) is 19.8. The molecule has 2 rings (SSSR count). The van der Waals surface area contributed by atoms with E-state index in [2.05, 4.69) is 23.1 Å². The highest BCUT2D eigenvalue weighted by Crippen LogP contribution is 2.60. The minimum absolute atomic E-state index is 0.0578. The van der Waals surface area contributed by atoms with Crippen molar-refractivity contribution in [3.05, 3.63) is 22.7 Å². The molecule has 18 nitrogen and oxygen atoms in total. The minimum Gasteiger partial charge on any atom is -0.462 e. The van der Waals surface area contributed by atoms with Gasteiger partial charge in [0.25, 0.3) is 0 Å². The maximum absolute atomic E-state index is 12.8. The molecule has 0 aromatic carbocycles. The van der Waals surface area contributed by atoms with Crippen LogP contribution in [0, 0.1) is 0 Å². The van der Waals surface area contributed by atoms with E-state index in [1.807, 2.05) is 0 Å². The number of nitrogen functional groups attached to an aromatic ring is 1. The molecule has 20 heteroatoms. The Labute approximate surface area is 380 Å². The van der Waals surface area contributed by atoms with Crippen molar-refractivity contribution in [2.24, 2.45) is 0 Å². The topological polar surface area (TPSA) is 265 Å². The van der Waals surface area contributed by atoms with Crippen molar-refractivity contribution >= 4 is 33.4 Å². The molecular formula is C44H81N3O15P2. The number of ether oxygens (including phenoxy) is 3. The molecule has 0 saturated carbocycles. The molecule has 2 heterocycles. The molecule has 64 heavy (non-hydrogen) atoms. The summed E-state index contributed by atoms with van der Waals surface area (Å²) in [5.74, 6) is -1.28. The van der Waals surface area contributed by atoms with Gasteiger partial charge in [0.2, 0.25) is 0 Å². The first-order chi connectivity index (χ1) is 30.7. The highest BCUT2D eigenvalue weighted by Gasteiger charge is 2.46. The van der Waals surface area contributed by atoms with Gasteiger partial charge in [-0.2, -0.15) is 9.29 Å². The molecule has 1 saturated heterocycles. The summed E-state index contributed by atoms with van der Waals surface area (Å²) in [7, 11) is -10.8. The summed E-state index contributed by atoms with van der Waals surface area (Å²) in [6, 6.07) is 1.25. The molecule has 7 atom stereocenters. The lowest BCUT2D eigenvalue weighted by atomic mass is 10.0. The number of unbranched alkanes of at least 4 members (excludes halogenated alkanes) is 24. The third kappa shape index (κ3) is 26.8. The second-order valence-corrected chi connectivity index (χ2v) is 20.0. The summed E-state index contributed by atoms with van der Waals surface area (Å²) in [6.45, 7) is 2.16. The summed E-state index contributed by atoms with van der Waals surface area (Å²) >= 11 is 0. The molecule has 0 radical (unpaired) electrons. The van der Waals surface area contributed by atoms with E-state index in [0.717, 1.165) is 55.9 Å². The minimum atomic E-state index is -5.41. The van der Waals surface area contributed by atoms with Gasteiger partial charge < -0.3 is 39.9 Å². The third-order valence-corrected chi connectivity index (χ3v) is 13.8. The van der Waals surface area contributed by atoms with Crippen molar-refractivity contribution in [1.82, 2.24) is 9.55 Å². The second kappa shape index (κ2) is 34.1. The van der Waals surface area contributed by atoms with Crippen molar-refractivity contribution in [2.75, 3.05) is 25.6 Å². The summed E-state index contributed by atoms with van der Waals surface area (Å²) in [6.07, 6.45) is 23.3. The van der Waals surface area contributed by atoms with Crippen LogP contribution in [-0.4, -0.2) is 85.7 Å².